The predicted octanol–water partition coefficient (Wildman–Crippen LogP) is 1.22. The van der Waals surface area contributed by atoms with Crippen molar-refractivity contribution >= 4 is 0 Å². The third-order valence-corrected chi connectivity index (χ3v) is 3.39. The van der Waals surface area contributed by atoms with Gasteiger partial charge in [0.15, 0.2) is 0 Å². The minimum absolute atomic E-state index is 0.276. The molecule has 1 unspecified atom stereocenters. The van der Waals surface area contributed by atoms with E-state index in [1.165, 1.54) is 32.2 Å². The lowest BCUT2D eigenvalue weighted by molar-refractivity contribution is 0.163. The molecule has 0 radical (unpaired) electrons. The maximum Gasteiger partial charge on any atom is 0.0597 e. The van der Waals surface area contributed by atoms with Crippen LogP contribution in [0.15, 0.2) is 0 Å². The van der Waals surface area contributed by atoms with Crippen molar-refractivity contribution < 1.29 is 5.11 Å². The van der Waals surface area contributed by atoms with E-state index in [0.717, 1.165) is 18.5 Å². The fraction of sp³-hybridized carbons (Fsp3) is 1.00. The molecule has 0 aromatic carbocycles. The number of hydrogen-bond acceptors (Lipinski definition) is 3. The Morgan fingerprint density at radius 1 is 1.19 bits per heavy atom. The van der Waals surface area contributed by atoms with E-state index < -0.39 is 0 Å². The van der Waals surface area contributed by atoms with Crippen LogP contribution in [0.4, 0.5) is 0 Å². The Hall–Kier alpha value is -0.120. The Kier molecular flexibility index (Phi) is 4.22. The molecule has 0 aromatic heterocycles. The second-order valence-corrected chi connectivity index (χ2v) is 5.90. The Morgan fingerprint density at radius 3 is 2.31 bits per heavy atom. The second kappa shape index (κ2) is 5.48. The van der Waals surface area contributed by atoms with Crippen molar-refractivity contribution in [2.75, 3.05) is 19.7 Å². The van der Waals surface area contributed by atoms with Crippen LogP contribution in [0.3, 0.4) is 0 Å². The van der Waals surface area contributed by atoms with Gasteiger partial charge in [-0.2, -0.15) is 0 Å². The number of aliphatic hydroxyl groups excluding tert-OH is 1. The van der Waals surface area contributed by atoms with Crippen molar-refractivity contribution in [2.24, 2.45) is 5.92 Å². The van der Waals surface area contributed by atoms with E-state index in [2.05, 4.69) is 24.1 Å². The van der Waals surface area contributed by atoms with Crippen LogP contribution in [0.25, 0.3) is 0 Å². The van der Waals surface area contributed by atoms with Crippen molar-refractivity contribution in [2.45, 2.75) is 57.7 Å². The average molecular weight is 226 g/mol. The average Bonchev–Trinajstić information content (AvgIpc) is 3.08. The van der Waals surface area contributed by atoms with Crippen LogP contribution < -0.4 is 5.32 Å². The lowest BCUT2D eigenvalue weighted by Gasteiger charge is -2.28. The monoisotopic (exact) mass is 226 g/mol. The molecule has 94 valence electrons. The largest absolute Gasteiger partial charge is 0.395 e. The molecule has 2 rings (SSSR count). The number of aliphatic hydroxyl groups is 1. The number of nitrogens with zero attached hydrogens (tertiary/aromatic N) is 1. The fourth-order valence-corrected chi connectivity index (χ4v) is 2.31. The van der Waals surface area contributed by atoms with Gasteiger partial charge in [-0.25, -0.2) is 0 Å². The summed E-state index contributed by atoms with van der Waals surface area (Å²) in [5.74, 6) is 0.723. The maximum atomic E-state index is 9.40. The zero-order valence-corrected chi connectivity index (χ0v) is 10.7. The molecule has 16 heavy (non-hydrogen) atoms. The molecule has 2 aliphatic rings. The Labute approximate surface area is 99.2 Å². The van der Waals surface area contributed by atoms with Crippen molar-refractivity contribution in [1.82, 2.24) is 10.2 Å². The molecule has 3 heteroatoms. The maximum absolute atomic E-state index is 9.40. The molecule has 3 nitrogen and oxygen atoms in total. The van der Waals surface area contributed by atoms with Crippen LogP contribution >= 0.6 is 0 Å². The van der Waals surface area contributed by atoms with Crippen molar-refractivity contribution in [3.63, 3.8) is 0 Å². The molecule has 2 fully saturated rings. The summed E-state index contributed by atoms with van der Waals surface area (Å²) >= 11 is 0. The van der Waals surface area contributed by atoms with E-state index >= 15 is 0 Å². The van der Waals surface area contributed by atoms with E-state index in [0.29, 0.717) is 6.04 Å². The summed E-state index contributed by atoms with van der Waals surface area (Å²) in [5, 5.41) is 12.9. The fourth-order valence-electron chi connectivity index (χ4n) is 2.31. The second-order valence-electron chi connectivity index (χ2n) is 5.90. The van der Waals surface area contributed by atoms with Crippen molar-refractivity contribution in [1.29, 1.82) is 0 Å². The first-order valence-electron chi connectivity index (χ1n) is 6.80. The van der Waals surface area contributed by atoms with E-state index in [4.69, 9.17) is 0 Å². The van der Waals surface area contributed by atoms with Crippen LogP contribution in [-0.4, -0.2) is 47.8 Å². The van der Waals surface area contributed by atoms with Gasteiger partial charge in [-0.1, -0.05) is 13.8 Å². The highest BCUT2D eigenvalue weighted by Gasteiger charge is 2.32. The summed E-state index contributed by atoms with van der Waals surface area (Å²) in [7, 11) is 0. The van der Waals surface area contributed by atoms with Gasteiger partial charge in [0.25, 0.3) is 0 Å². The summed E-state index contributed by atoms with van der Waals surface area (Å²) in [6.45, 7) is 7.02. The molecular formula is C13H26N2O. The summed E-state index contributed by atoms with van der Waals surface area (Å²) in [6.07, 6.45) is 5.30. The molecule has 0 aromatic rings. The van der Waals surface area contributed by atoms with Crippen LogP contribution in [0.2, 0.25) is 0 Å². The SMILES string of the molecule is CC(C)CN(CC(CO)NC1CC1)C1CC1. The van der Waals surface area contributed by atoms with Gasteiger partial charge >= 0.3 is 0 Å². The summed E-state index contributed by atoms with van der Waals surface area (Å²) < 4.78 is 0. The number of rotatable bonds is 8. The molecule has 0 saturated heterocycles. The van der Waals surface area contributed by atoms with Gasteiger partial charge in [-0.3, -0.25) is 4.90 Å². The first kappa shape index (κ1) is 12.3. The van der Waals surface area contributed by atoms with E-state index in [1.807, 2.05) is 0 Å². The molecule has 0 amide bonds. The third-order valence-electron chi connectivity index (χ3n) is 3.39. The van der Waals surface area contributed by atoms with E-state index in [1.54, 1.807) is 0 Å². The lowest BCUT2D eigenvalue weighted by atomic mass is 10.2. The first-order valence-corrected chi connectivity index (χ1v) is 6.80. The van der Waals surface area contributed by atoms with Gasteiger partial charge in [0.05, 0.1) is 6.61 Å². The molecule has 2 N–H and O–H groups in total. The van der Waals surface area contributed by atoms with Gasteiger partial charge in [-0.05, 0) is 31.6 Å². The smallest absolute Gasteiger partial charge is 0.0597 e. The van der Waals surface area contributed by atoms with Crippen molar-refractivity contribution in [3.05, 3.63) is 0 Å². The highest BCUT2D eigenvalue weighted by atomic mass is 16.3. The zero-order chi connectivity index (χ0) is 11.5. The third kappa shape index (κ3) is 4.04. The minimum Gasteiger partial charge on any atom is -0.395 e. The molecule has 0 aliphatic heterocycles. The Balaban J connectivity index is 1.76. The molecular weight excluding hydrogens is 200 g/mol. The van der Waals surface area contributed by atoms with Crippen LogP contribution in [0, 0.1) is 5.92 Å². The van der Waals surface area contributed by atoms with Gasteiger partial charge in [-0.15, -0.1) is 0 Å². The standard InChI is InChI=1S/C13H26N2O/c1-10(2)7-15(13-5-6-13)8-12(9-16)14-11-3-4-11/h10-14,16H,3-9H2,1-2H3. The molecule has 0 bridgehead atoms. The first-order chi connectivity index (χ1) is 7.69. The van der Waals surface area contributed by atoms with Crippen molar-refractivity contribution in [3.8, 4) is 0 Å². The lowest BCUT2D eigenvalue weighted by Crippen LogP contribution is -2.46. The zero-order valence-electron chi connectivity index (χ0n) is 10.7. The normalized spacial score (nSPS) is 23.1. The topological polar surface area (TPSA) is 35.5 Å². The summed E-state index contributed by atoms with van der Waals surface area (Å²) in [6, 6.07) is 1.78. The van der Waals surface area contributed by atoms with E-state index in [9.17, 15) is 5.11 Å². The quantitative estimate of drug-likeness (QED) is 0.653. The van der Waals surface area contributed by atoms with Crippen LogP contribution in [0.1, 0.15) is 39.5 Å². The van der Waals surface area contributed by atoms with Gasteiger partial charge in [0.2, 0.25) is 0 Å². The highest BCUT2D eigenvalue weighted by molar-refractivity contribution is 4.90. The van der Waals surface area contributed by atoms with E-state index in [-0.39, 0.29) is 12.6 Å². The molecule has 0 heterocycles. The summed E-state index contributed by atoms with van der Waals surface area (Å²) in [5.41, 5.74) is 0. The van der Waals surface area contributed by atoms with Crippen LogP contribution in [-0.2, 0) is 0 Å². The summed E-state index contributed by atoms with van der Waals surface area (Å²) in [4.78, 5) is 2.57. The predicted molar refractivity (Wildman–Crippen MR) is 66.5 cm³/mol. The molecule has 2 aliphatic carbocycles. The molecule has 1 atom stereocenters. The van der Waals surface area contributed by atoms with Gasteiger partial charge in [0, 0.05) is 31.2 Å². The van der Waals surface area contributed by atoms with Gasteiger partial charge < -0.3 is 10.4 Å². The minimum atomic E-state index is 0.276. The molecule has 0 spiro atoms. The Bertz CT molecular complexity index is 212. The molecule has 2 saturated carbocycles. The van der Waals surface area contributed by atoms with Crippen LogP contribution in [0.5, 0.6) is 0 Å². The highest BCUT2D eigenvalue weighted by Crippen LogP contribution is 2.28. The Morgan fingerprint density at radius 2 is 1.88 bits per heavy atom. The van der Waals surface area contributed by atoms with Gasteiger partial charge in [0.1, 0.15) is 0 Å². The number of hydrogen-bond donors (Lipinski definition) is 2. The number of nitrogens with one attached hydrogen (secondary N) is 1.